The molecular weight excluding hydrogens is 555 g/mol. The maximum absolute atomic E-state index is 13.8. The van der Waals surface area contributed by atoms with Crippen molar-refractivity contribution in [1.29, 1.82) is 0 Å². The van der Waals surface area contributed by atoms with Crippen LogP contribution in [0, 0.1) is 0 Å². The average Bonchev–Trinajstić information content (AvgIpc) is 2.98. The summed E-state index contributed by atoms with van der Waals surface area (Å²) in [6, 6.07) is 15.5. The Bertz CT molecular complexity index is 1510. The molecule has 2 aromatic carbocycles. The van der Waals surface area contributed by atoms with E-state index in [1.807, 2.05) is 12.1 Å². The number of anilines is 2. The Morgan fingerprint density at radius 3 is 2.44 bits per heavy atom. The summed E-state index contributed by atoms with van der Waals surface area (Å²) in [4.78, 5) is 15.9. The number of benzene rings is 2. The standard InChI is InChI=1S/C33H38F3N5O2/c1-32(2,3)24-9-11-25(12-10-24)38-31-26-13-8-23(30-27(33(34,35)36)7-6-14-37-30)21-28(26)39-29(40-31)22-43-18-5-4-15-41-16-19-42-20-17-41/h6-14,21H,4-5,15-20,22H2,1-3H3,(H,38,39,40). The molecule has 0 unspecified atom stereocenters. The van der Waals surface area contributed by atoms with E-state index in [1.54, 1.807) is 18.2 Å². The van der Waals surface area contributed by atoms with Gasteiger partial charge >= 0.3 is 6.18 Å². The Morgan fingerprint density at radius 1 is 0.953 bits per heavy atom. The largest absolute Gasteiger partial charge is 0.418 e. The van der Waals surface area contributed by atoms with Gasteiger partial charge in [0.1, 0.15) is 12.4 Å². The highest BCUT2D eigenvalue weighted by Gasteiger charge is 2.34. The molecule has 0 atom stereocenters. The molecule has 0 aliphatic carbocycles. The number of pyridine rings is 1. The van der Waals surface area contributed by atoms with Gasteiger partial charge < -0.3 is 14.8 Å². The van der Waals surface area contributed by atoms with Gasteiger partial charge in [0.25, 0.3) is 0 Å². The molecule has 4 aromatic rings. The van der Waals surface area contributed by atoms with E-state index in [4.69, 9.17) is 14.5 Å². The fraction of sp³-hybridized carbons (Fsp3) is 0.424. The van der Waals surface area contributed by atoms with Crippen LogP contribution in [0.15, 0.2) is 60.8 Å². The van der Waals surface area contributed by atoms with Gasteiger partial charge in [0.15, 0.2) is 5.82 Å². The van der Waals surface area contributed by atoms with Crippen LogP contribution in [0.5, 0.6) is 0 Å². The summed E-state index contributed by atoms with van der Waals surface area (Å²) >= 11 is 0. The minimum absolute atomic E-state index is 0.0178. The van der Waals surface area contributed by atoms with Gasteiger partial charge in [0.05, 0.1) is 30.0 Å². The molecule has 1 N–H and O–H groups in total. The van der Waals surface area contributed by atoms with Crippen molar-refractivity contribution in [3.63, 3.8) is 0 Å². The Hall–Kier alpha value is -3.60. The zero-order valence-corrected chi connectivity index (χ0v) is 24.9. The third-order valence-corrected chi connectivity index (χ3v) is 7.49. The fourth-order valence-electron chi connectivity index (χ4n) is 5.07. The summed E-state index contributed by atoms with van der Waals surface area (Å²) in [7, 11) is 0. The van der Waals surface area contributed by atoms with Crippen molar-refractivity contribution in [2.75, 3.05) is 44.8 Å². The molecule has 0 bridgehead atoms. The number of hydrogen-bond donors (Lipinski definition) is 1. The van der Waals surface area contributed by atoms with E-state index in [0.717, 1.165) is 57.4 Å². The number of hydrogen-bond acceptors (Lipinski definition) is 7. The van der Waals surface area contributed by atoms with Gasteiger partial charge in [-0.3, -0.25) is 9.88 Å². The van der Waals surface area contributed by atoms with Crippen LogP contribution in [0.1, 0.15) is 50.6 Å². The van der Waals surface area contributed by atoms with Crippen molar-refractivity contribution >= 4 is 22.4 Å². The normalized spacial score (nSPS) is 14.7. The van der Waals surface area contributed by atoms with Crippen LogP contribution in [-0.2, 0) is 27.7 Å². The molecule has 43 heavy (non-hydrogen) atoms. The van der Waals surface area contributed by atoms with Gasteiger partial charge in [0, 0.05) is 42.5 Å². The van der Waals surface area contributed by atoms with Crippen LogP contribution in [0.4, 0.5) is 24.7 Å². The van der Waals surface area contributed by atoms with Crippen molar-refractivity contribution in [2.24, 2.45) is 0 Å². The lowest BCUT2D eigenvalue weighted by molar-refractivity contribution is -0.137. The van der Waals surface area contributed by atoms with E-state index in [1.165, 1.54) is 17.8 Å². The van der Waals surface area contributed by atoms with Crippen molar-refractivity contribution < 1.29 is 22.6 Å². The third kappa shape index (κ3) is 8.07. The monoisotopic (exact) mass is 593 g/mol. The van der Waals surface area contributed by atoms with Crippen LogP contribution < -0.4 is 5.32 Å². The number of rotatable bonds is 10. The fourth-order valence-corrected chi connectivity index (χ4v) is 5.07. The molecule has 0 amide bonds. The molecule has 0 radical (unpaired) electrons. The molecule has 10 heteroatoms. The van der Waals surface area contributed by atoms with Gasteiger partial charge in [-0.05, 0) is 66.8 Å². The van der Waals surface area contributed by atoms with Gasteiger partial charge in [-0.2, -0.15) is 13.2 Å². The van der Waals surface area contributed by atoms with E-state index in [0.29, 0.717) is 34.7 Å². The highest BCUT2D eigenvalue weighted by atomic mass is 19.4. The highest BCUT2D eigenvalue weighted by Crippen LogP contribution is 2.37. The quantitative estimate of drug-likeness (QED) is 0.192. The molecule has 1 fully saturated rings. The van der Waals surface area contributed by atoms with E-state index < -0.39 is 11.7 Å². The Morgan fingerprint density at radius 2 is 1.72 bits per heavy atom. The lowest BCUT2D eigenvalue weighted by atomic mass is 9.87. The zero-order chi connectivity index (χ0) is 30.5. The van der Waals surface area contributed by atoms with Crippen molar-refractivity contribution in [1.82, 2.24) is 19.9 Å². The number of morpholine rings is 1. The van der Waals surface area contributed by atoms with Crippen LogP contribution in [0.25, 0.3) is 22.2 Å². The number of ether oxygens (including phenoxy) is 2. The lowest BCUT2D eigenvalue weighted by Gasteiger charge is -2.26. The zero-order valence-electron chi connectivity index (χ0n) is 24.9. The van der Waals surface area contributed by atoms with Gasteiger partial charge in [0.2, 0.25) is 0 Å². The molecule has 3 heterocycles. The van der Waals surface area contributed by atoms with Gasteiger partial charge in [-0.25, -0.2) is 9.97 Å². The van der Waals surface area contributed by atoms with Gasteiger partial charge in [-0.15, -0.1) is 0 Å². The third-order valence-electron chi connectivity index (χ3n) is 7.49. The van der Waals surface area contributed by atoms with E-state index >= 15 is 0 Å². The number of fused-ring (bicyclic) bond motifs is 1. The van der Waals surface area contributed by atoms with E-state index in [2.05, 4.69) is 53.1 Å². The summed E-state index contributed by atoms with van der Waals surface area (Å²) in [6.45, 7) is 11.7. The second-order valence-corrected chi connectivity index (χ2v) is 11.8. The maximum Gasteiger partial charge on any atom is 0.418 e. The first kappa shape index (κ1) is 30.8. The number of nitrogens with zero attached hydrogens (tertiary/aromatic N) is 4. The van der Waals surface area contributed by atoms with Crippen LogP contribution in [0.2, 0.25) is 0 Å². The number of aromatic nitrogens is 3. The molecule has 7 nitrogen and oxygen atoms in total. The predicted molar refractivity (Wildman–Crippen MR) is 162 cm³/mol. The van der Waals surface area contributed by atoms with Crippen molar-refractivity contribution in [3.8, 4) is 11.3 Å². The van der Waals surface area contributed by atoms with E-state index in [9.17, 15) is 13.2 Å². The summed E-state index contributed by atoms with van der Waals surface area (Å²) in [5, 5.41) is 4.07. The minimum atomic E-state index is -4.53. The summed E-state index contributed by atoms with van der Waals surface area (Å²) in [6.07, 6.45) is -1.25. The summed E-state index contributed by atoms with van der Waals surface area (Å²) in [5.41, 5.74) is 1.97. The Labute approximate surface area is 250 Å². The number of unbranched alkanes of at least 4 members (excludes halogenated alkanes) is 1. The summed E-state index contributed by atoms with van der Waals surface area (Å²) in [5.74, 6) is 1.01. The average molecular weight is 594 g/mol. The Kier molecular flexibility index (Phi) is 9.59. The Balaban J connectivity index is 1.38. The second kappa shape index (κ2) is 13.4. The smallest absolute Gasteiger partial charge is 0.379 e. The van der Waals surface area contributed by atoms with Crippen molar-refractivity contribution in [2.45, 2.75) is 51.8 Å². The number of alkyl halides is 3. The summed E-state index contributed by atoms with van der Waals surface area (Å²) < 4.78 is 52.6. The van der Waals surface area contributed by atoms with Gasteiger partial charge in [-0.1, -0.05) is 39.0 Å². The number of nitrogens with one attached hydrogen (secondary N) is 1. The predicted octanol–water partition coefficient (Wildman–Crippen LogP) is 7.38. The molecule has 228 valence electrons. The lowest BCUT2D eigenvalue weighted by Crippen LogP contribution is -2.36. The number of halogens is 3. The van der Waals surface area contributed by atoms with Crippen LogP contribution in [0.3, 0.4) is 0 Å². The van der Waals surface area contributed by atoms with Crippen molar-refractivity contribution in [3.05, 3.63) is 77.7 Å². The molecule has 2 aromatic heterocycles. The molecule has 1 aliphatic heterocycles. The molecule has 1 aliphatic rings. The first-order valence-electron chi connectivity index (χ1n) is 14.7. The molecule has 5 rings (SSSR count). The molecular formula is C33H38F3N5O2. The SMILES string of the molecule is CC(C)(C)c1ccc(Nc2nc(COCCCCN3CCOCC3)nc3cc(-c4ncccc4C(F)(F)F)ccc23)cc1. The van der Waals surface area contributed by atoms with Crippen LogP contribution >= 0.6 is 0 Å². The molecule has 0 spiro atoms. The topological polar surface area (TPSA) is 72.4 Å². The minimum Gasteiger partial charge on any atom is -0.379 e. The molecule has 1 saturated heterocycles. The maximum atomic E-state index is 13.8. The first-order valence-corrected chi connectivity index (χ1v) is 14.7. The first-order chi connectivity index (χ1) is 20.6. The highest BCUT2D eigenvalue weighted by molar-refractivity contribution is 5.93. The van der Waals surface area contributed by atoms with E-state index in [-0.39, 0.29) is 17.7 Å². The molecule has 0 saturated carbocycles. The second-order valence-electron chi connectivity index (χ2n) is 11.8. The van der Waals surface area contributed by atoms with Crippen LogP contribution in [-0.4, -0.2) is 59.3 Å².